The fraction of sp³-hybridized carbons (Fsp3) is 0.750. The van der Waals surface area contributed by atoms with E-state index in [1.165, 1.54) is 11.9 Å². The predicted octanol–water partition coefficient (Wildman–Crippen LogP) is -0.189. The highest BCUT2D eigenvalue weighted by Gasteiger charge is 2.83. The van der Waals surface area contributed by atoms with Crippen molar-refractivity contribution < 1.29 is 14.3 Å². The number of ether oxygens (including phenoxy) is 2. The fourth-order valence-corrected chi connectivity index (χ4v) is 4.85. The van der Waals surface area contributed by atoms with E-state index >= 15 is 0 Å². The van der Waals surface area contributed by atoms with Crippen LogP contribution in [-0.2, 0) is 14.3 Å². The quantitative estimate of drug-likeness (QED) is 0.686. The van der Waals surface area contributed by atoms with Gasteiger partial charge in [0.15, 0.2) is 10.8 Å². The molecular weight excluding hydrogens is 324 g/mol. The summed E-state index contributed by atoms with van der Waals surface area (Å²) in [6.07, 6.45) is 0.406. The number of nitrogens with two attached hydrogens (primary N) is 1. The van der Waals surface area contributed by atoms with E-state index in [1.807, 2.05) is 6.92 Å². The first-order valence-corrected chi connectivity index (χ1v) is 8.17. The molecule has 1 spiro atoms. The van der Waals surface area contributed by atoms with Gasteiger partial charge < -0.3 is 15.2 Å². The third-order valence-corrected chi connectivity index (χ3v) is 5.69. The van der Waals surface area contributed by atoms with Crippen LogP contribution in [0.25, 0.3) is 0 Å². The molecule has 3 rings (SSSR count). The van der Waals surface area contributed by atoms with Gasteiger partial charge in [0.25, 0.3) is 5.91 Å². The second kappa shape index (κ2) is 5.40. The van der Waals surface area contributed by atoms with Gasteiger partial charge in [0, 0.05) is 21.0 Å². The van der Waals surface area contributed by atoms with Crippen molar-refractivity contribution >= 4 is 11.7 Å². The Bertz CT molecular complexity index is 716. The zero-order valence-electron chi connectivity index (χ0n) is 14.8. The van der Waals surface area contributed by atoms with Crippen molar-refractivity contribution in [1.29, 1.82) is 10.5 Å². The van der Waals surface area contributed by atoms with Crippen molar-refractivity contribution in [3.05, 3.63) is 0 Å². The molecule has 0 aromatic heterocycles. The maximum atomic E-state index is 12.3. The fourth-order valence-electron chi connectivity index (χ4n) is 4.85. The topological polar surface area (TPSA) is 128 Å². The number of hydrazine groups is 1. The third kappa shape index (κ3) is 1.75. The minimum absolute atomic E-state index is 0.0131. The van der Waals surface area contributed by atoms with Gasteiger partial charge in [0.1, 0.15) is 5.84 Å². The zero-order valence-corrected chi connectivity index (χ0v) is 14.8. The van der Waals surface area contributed by atoms with E-state index in [0.29, 0.717) is 6.42 Å². The summed E-state index contributed by atoms with van der Waals surface area (Å²) in [5.41, 5.74) is 3.29. The van der Waals surface area contributed by atoms with Gasteiger partial charge in [-0.3, -0.25) is 9.80 Å². The molecule has 2 heterocycles. The number of carbonyl (C=O) groups excluding carboxylic acids is 1. The summed E-state index contributed by atoms with van der Waals surface area (Å²) in [5, 5.41) is 23.5. The van der Waals surface area contributed by atoms with E-state index in [2.05, 4.69) is 17.1 Å². The van der Waals surface area contributed by atoms with Crippen LogP contribution in [0.4, 0.5) is 0 Å². The van der Waals surface area contributed by atoms with E-state index < -0.39 is 22.8 Å². The Hall–Kier alpha value is -2.20. The Morgan fingerprint density at radius 3 is 2.36 bits per heavy atom. The number of hydrogen-bond donors (Lipinski definition) is 1. The largest absolute Gasteiger partial charge is 0.386 e. The molecule has 9 nitrogen and oxygen atoms in total. The number of rotatable bonds is 2. The molecule has 1 aliphatic carbocycles. The van der Waals surface area contributed by atoms with Gasteiger partial charge in [0.05, 0.1) is 31.4 Å². The van der Waals surface area contributed by atoms with Crippen LogP contribution >= 0.6 is 0 Å². The van der Waals surface area contributed by atoms with Crippen molar-refractivity contribution in [2.24, 2.45) is 27.5 Å². The van der Waals surface area contributed by atoms with Gasteiger partial charge in [-0.1, -0.05) is 6.92 Å². The number of amidine groups is 1. The number of amides is 1. The Morgan fingerprint density at radius 2 is 1.92 bits per heavy atom. The summed E-state index contributed by atoms with van der Waals surface area (Å²) in [6, 6.07) is 3.88. The van der Waals surface area contributed by atoms with Gasteiger partial charge in [0.2, 0.25) is 5.91 Å². The molecule has 0 bridgehead atoms. The summed E-state index contributed by atoms with van der Waals surface area (Å²) < 4.78 is 11.5. The van der Waals surface area contributed by atoms with E-state index in [-0.39, 0.29) is 30.9 Å². The number of nitrogens with zero attached hydrogens (tertiary/aromatic N) is 5. The molecular formula is C16H22N6O3. The molecule has 1 saturated carbocycles. The van der Waals surface area contributed by atoms with Crippen molar-refractivity contribution in [1.82, 2.24) is 10.0 Å². The predicted molar refractivity (Wildman–Crippen MR) is 86.1 cm³/mol. The third-order valence-electron chi connectivity index (χ3n) is 5.69. The van der Waals surface area contributed by atoms with Crippen molar-refractivity contribution in [2.75, 3.05) is 27.3 Å². The second-order valence-electron chi connectivity index (χ2n) is 6.98. The molecule has 0 radical (unpaired) electrons. The SMILES string of the molecule is CC(=O)N(C1CC(C)C2(C#N)C3(N=C(N)C12C#N)OCCO3)N(C)C. The highest BCUT2D eigenvalue weighted by Crippen LogP contribution is 2.68. The molecule has 0 aromatic rings. The van der Waals surface area contributed by atoms with Crippen molar-refractivity contribution in [3.8, 4) is 12.1 Å². The van der Waals surface area contributed by atoms with Gasteiger partial charge in [-0.25, -0.2) is 10.0 Å². The van der Waals surface area contributed by atoms with E-state index in [1.54, 1.807) is 19.1 Å². The molecule has 1 amide bonds. The number of nitriles is 2. The van der Waals surface area contributed by atoms with E-state index in [9.17, 15) is 15.3 Å². The maximum Gasteiger partial charge on any atom is 0.293 e. The molecule has 2 aliphatic heterocycles. The minimum Gasteiger partial charge on any atom is -0.386 e. The molecule has 1 saturated heterocycles. The van der Waals surface area contributed by atoms with E-state index in [4.69, 9.17) is 15.2 Å². The summed E-state index contributed by atoms with van der Waals surface area (Å²) >= 11 is 0. The normalized spacial score (nSPS) is 38.3. The first kappa shape index (κ1) is 17.6. The summed E-state index contributed by atoms with van der Waals surface area (Å²) in [4.78, 5) is 16.6. The van der Waals surface area contributed by atoms with Gasteiger partial charge in [-0.05, 0) is 12.3 Å². The smallest absolute Gasteiger partial charge is 0.293 e. The molecule has 4 unspecified atom stereocenters. The molecule has 134 valence electrons. The molecule has 4 atom stereocenters. The van der Waals surface area contributed by atoms with E-state index in [0.717, 1.165) is 0 Å². The lowest BCUT2D eigenvalue weighted by molar-refractivity contribution is -0.228. The molecule has 0 aromatic carbocycles. The standard InChI is InChI=1S/C16H22N6O3/c1-10-7-12(22(11(2)23)21(3)4)14(8-17)13(19)20-16(15(10,14)9-18)24-5-6-25-16/h10,12H,5-7H2,1-4H3,(H2,19,20). The van der Waals surface area contributed by atoms with Gasteiger partial charge in [-0.2, -0.15) is 10.5 Å². The monoisotopic (exact) mass is 346 g/mol. The van der Waals surface area contributed by atoms with Crippen LogP contribution in [0.2, 0.25) is 0 Å². The molecule has 9 heteroatoms. The first-order valence-electron chi connectivity index (χ1n) is 8.17. The Morgan fingerprint density at radius 1 is 1.32 bits per heavy atom. The van der Waals surface area contributed by atoms with Gasteiger partial charge in [-0.15, -0.1) is 0 Å². The van der Waals surface area contributed by atoms with Crippen LogP contribution < -0.4 is 5.73 Å². The molecule has 3 aliphatic rings. The van der Waals surface area contributed by atoms with Crippen LogP contribution in [0.15, 0.2) is 4.99 Å². The highest BCUT2D eigenvalue weighted by molar-refractivity contribution is 5.95. The number of carbonyl (C=O) groups is 1. The lowest BCUT2D eigenvalue weighted by Gasteiger charge is -2.44. The minimum atomic E-state index is -1.59. The second-order valence-corrected chi connectivity index (χ2v) is 6.98. The molecule has 2 fully saturated rings. The highest BCUT2D eigenvalue weighted by atomic mass is 16.8. The number of fused-ring (bicyclic) bond motifs is 2. The Labute approximate surface area is 146 Å². The van der Waals surface area contributed by atoms with Crippen LogP contribution in [-0.4, -0.2) is 61.0 Å². The lowest BCUT2D eigenvalue weighted by Crippen LogP contribution is -2.62. The summed E-state index contributed by atoms with van der Waals surface area (Å²) in [7, 11) is 3.42. The van der Waals surface area contributed by atoms with Crippen LogP contribution in [0, 0.1) is 39.4 Å². The summed E-state index contributed by atoms with van der Waals surface area (Å²) in [5.74, 6) is -2.18. The van der Waals surface area contributed by atoms with Crippen LogP contribution in [0.1, 0.15) is 20.3 Å². The number of aliphatic imine (C=N–C) groups is 1. The average molecular weight is 346 g/mol. The van der Waals surface area contributed by atoms with Crippen LogP contribution in [0.5, 0.6) is 0 Å². The Balaban J connectivity index is 2.27. The zero-order chi connectivity index (χ0) is 18.6. The lowest BCUT2D eigenvalue weighted by atomic mass is 9.62. The Kier molecular flexibility index (Phi) is 3.80. The summed E-state index contributed by atoms with van der Waals surface area (Å²) in [6.45, 7) is 3.80. The molecule has 25 heavy (non-hydrogen) atoms. The maximum absolute atomic E-state index is 12.3. The first-order chi connectivity index (χ1) is 11.7. The van der Waals surface area contributed by atoms with Gasteiger partial charge >= 0.3 is 0 Å². The number of hydrogen-bond acceptors (Lipinski definition) is 8. The van der Waals surface area contributed by atoms with Crippen LogP contribution in [0.3, 0.4) is 0 Å². The average Bonchev–Trinajstić information content (AvgIpc) is 3.15. The van der Waals surface area contributed by atoms with Crippen molar-refractivity contribution in [3.63, 3.8) is 0 Å². The molecule has 2 N–H and O–H groups in total. The van der Waals surface area contributed by atoms with Crippen molar-refractivity contribution in [2.45, 2.75) is 32.2 Å².